The summed E-state index contributed by atoms with van der Waals surface area (Å²) in [6, 6.07) is 8.64. The average Bonchev–Trinajstić information content (AvgIpc) is 2.73. The van der Waals surface area contributed by atoms with E-state index in [1.165, 1.54) is 15.6 Å². The van der Waals surface area contributed by atoms with Crippen LogP contribution in [0.1, 0.15) is 18.9 Å². The topological polar surface area (TPSA) is 29.3 Å². The molecule has 0 spiro atoms. The fraction of sp³-hybridized carbons (Fsp3) is 0.467. The van der Waals surface area contributed by atoms with Crippen LogP contribution in [0.15, 0.2) is 29.6 Å². The predicted octanol–water partition coefficient (Wildman–Crippen LogP) is 3.32. The fourth-order valence-electron chi connectivity index (χ4n) is 2.42. The molecule has 0 saturated heterocycles. The third-order valence-corrected chi connectivity index (χ3v) is 4.30. The molecule has 2 nitrogen and oxygen atoms in total. The van der Waals surface area contributed by atoms with Crippen LogP contribution in [0.4, 0.5) is 0 Å². The molecular formula is C15H22N2S. The first-order valence-electron chi connectivity index (χ1n) is 6.54. The van der Waals surface area contributed by atoms with Crippen LogP contribution >= 0.6 is 11.3 Å². The number of fused-ring (bicyclic) bond motifs is 1. The number of hydrogen-bond donors (Lipinski definition) is 1. The predicted molar refractivity (Wildman–Crippen MR) is 81.0 cm³/mol. The molecule has 0 bridgehead atoms. The Morgan fingerprint density at radius 1 is 1.33 bits per heavy atom. The highest BCUT2D eigenvalue weighted by molar-refractivity contribution is 7.17. The van der Waals surface area contributed by atoms with Gasteiger partial charge in [0.05, 0.1) is 0 Å². The molecule has 1 unspecified atom stereocenters. The number of thiophene rings is 1. The molecule has 0 aliphatic heterocycles. The smallest absolute Gasteiger partial charge is 0.0346 e. The molecule has 1 aromatic heterocycles. The van der Waals surface area contributed by atoms with Gasteiger partial charge in [0, 0.05) is 17.8 Å². The van der Waals surface area contributed by atoms with Crippen molar-refractivity contribution in [1.82, 2.24) is 4.90 Å². The Morgan fingerprint density at radius 2 is 2.11 bits per heavy atom. The van der Waals surface area contributed by atoms with Gasteiger partial charge >= 0.3 is 0 Å². The Hall–Kier alpha value is -0.900. The van der Waals surface area contributed by atoms with Crippen LogP contribution < -0.4 is 5.73 Å². The molecule has 0 fully saturated rings. The zero-order valence-electron chi connectivity index (χ0n) is 11.2. The van der Waals surface area contributed by atoms with Gasteiger partial charge < -0.3 is 10.6 Å². The summed E-state index contributed by atoms with van der Waals surface area (Å²) in [6.45, 7) is 5.20. The average molecular weight is 262 g/mol. The minimum absolute atomic E-state index is 0.671. The van der Waals surface area contributed by atoms with Crippen LogP contribution in [-0.4, -0.2) is 25.0 Å². The molecule has 1 atom stereocenters. The maximum atomic E-state index is 5.60. The van der Waals surface area contributed by atoms with Gasteiger partial charge in [-0.2, -0.15) is 0 Å². The van der Waals surface area contributed by atoms with E-state index in [1.807, 2.05) is 11.3 Å². The Morgan fingerprint density at radius 3 is 2.89 bits per heavy atom. The van der Waals surface area contributed by atoms with Crippen molar-refractivity contribution in [2.45, 2.75) is 19.9 Å². The van der Waals surface area contributed by atoms with Crippen molar-refractivity contribution in [2.24, 2.45) is 11.7 Å². The number of rotatable bonds is 6. The molecule has 2 aromatic rings. The first-order chi connectivity index (χ1) is 8.70. The summed E-state index contributed by atoms with van der Waals surface area (Å²) >= 11 is 1.84. The van der Waals surface area contributed by atoms with Gasteiger partial charge in [0.25, 0.3) is 0 Å². The Labute approximate surface area is 113 Å². The summed E-state index contributed by atoms with van der Waals surface area (Å²) in [6.07, 6.45) is 1.11. The van der Waals surface area contributed by atoms with Crippen LogP contribution in [0.25, 0.3) is 10.1 Å². The van der Waals surface area contributed by atoms with E-state index in [0.717, 1.165) is 26.1 Å². The summed E-state index contributed by atoms with van der Waals surface area (Å²) in [7, 11) is 2.19. The van der Waals surface area contributed by atoms with E-state index in [-0.39, 0.29) is 0 Å². The molecule has 2 rings (SSSR count). The quantitative estimate of drug-likeness (QED) is 0.865. The molecule has 1 heterocycles. The van der Waals surface area contributed by atoms with E-state index in [9.17, 15) is 0 Å². The lowest BCUT2D eigenvalue weighted by Gasteiger charge is -2.20. The van der Waals surface area contributed by atoms with E-state index in [1.54, 1.807) is 0 Å². The third kappa shape index (κ3) is 3.31. The first-order valence-corrected chi connectivity index (χ1v) is 7.42. The fourth-order valence-corrected chi connectivity index (χ4v) is 3.37. The van der Waals surface area contributed by atoms with Crippen LogP contribution in [-0.2, 0) is 6.54 Å². The van der Waals surface area contributed by atoms with E-state index < -0.39 is 0 Å². The van der Waals surface area contributed by atoms with Gasteiger partial charge in [-0.1, -0.05) is 25.1 Å². The van der Waals surface area contributed by atoms with Crippen LogP contribution in [0.2, 0.25) is 0 Å². The van der Waals surface area contributed by atoms with Crippen molar-refractivity contribution < 1.29 is 0 Å². The van der Waals surface area contributed by atoms with Gasteiger partial charge in [-0.3, -0.25) is 0 Å². The molecule has 2 N–H and O–H groups in total. The standard InChI is InChI=1S/C15H22N2S/c1-12(7-8-16)9-17(2)10-13-11-18-15-6-4-3-5-14(13)15/h3-6,11-12H,7-10,16H2,1-2H3. The van der Waals surface area contributed by atoms with Crippen molar-refractivity contribution in [3.63, 3.8) is 0 Å². The molecular weight excluding hydrogens is 240 g/mol. The Bertz CT molecular complexity index is 492. The van der Waals surface area contributed by atoms with Crippen molar-refractivity contribution in [3.8, 4) is 0 Å². The monoisotopic (exact) mass is 262 g/mol. The second-order valence-electron chi connectivity index (χ2n) is 5.14. The van der Waals surface area contributed by atoms with E-state index in [0.29, 0.717) is 5.92 Å². The molecule has 18 heavy (non-hydrogen) atoms. The normalized spacial score (nSPS) is 13.3. The van der Waals surface area contributed by atoms with Crippen LogP contribution in [0.5, 0.6) is 0 Å². The van der Waals surface area contributed by atoms with E-state index in [4.69, 9.17) is 5.73 Å². The molecule has 0 saturated carbocycles. The first kappa shape index (κ1) is 13.5. The van der Waals surface area contributed by atoms with Gasteiger partial charge in [-0.25, -0.2) is 0 Å². The summed E-state index contributed by atoms with van der Waals surface area (Å²) in [5.74, 6) is 0.671. The number of hydrogen-bond acceptors (Lipinski definition) is 3. The maximum Gasteiger partial charge on any atom is 0.0346 e. The second kappa shape index (κ2) is 6.32. The maximum absolute atomic E-state index is 5.60. The van der Waals surface area contributed by atoms with Gasteiger partial charge in [0.1, 0.15) is 0 Å². The summed E-state index contributed by atoms with van der Waals surface area (Å²) < 4.78 is 1.39. The van der Waals surface area contributed by atoms with E-state index >= 15 is 0 Å². The lowest BCUT2D eigenvalue weighted by Crippen LogP contribution is -2.25. The molecule has 0 amide bonds. The highest BCUT2D eigenvalue weighted by Gasteiger charge is 2.09. The molecule has 1 aromatic carbocycles. The van der Waals surface area contributed by atoms with E-state index in [2.05, 4.69) is 48.5 Å². The third-order valence-electron chi connectivity index (χ3n) is 3.28. The Kier molecular flexibility index (Phi) is 4.75. The van der Waals surface area contributed by atoms with Crippen LogP contribution in [0.3, 0.4) is 0 Å². The van der Waals surface area contributed by atoms with Crippen molar-refractivity contribution in [2.75, 3.05) is 20.1 Å². The lowest BCUT2D eigenvalue weighted by atomic mass is 10.1. The van der Waals surface area contributed by atoms with Gasteiger partial charge in [-0.15, -0.1) is 11.3 Å². The van der Waals surface area contributed by atoms with Crippen molar-refractivity contribution in [1.29, 1.82) is 0 Å². The molecule has 98 valence electrons. The van der Waals surface area contributed by atoms with Gasteiger partial charge in [-0.05, 0) is 48.3 Å². The summed E-state index contributed by atoms with van der Waals surface area (Å²) in [4.78, 5) is 2.40. The molecule has 3 heteroatoms. The number of nitrogens with two attached hydrogens (primary N) is 1. The van der Waals surface area contributed by atoms with Gasteiger partial charge in [0.2, 0.25) is 0 Å². The Balaban J connectivity index is 2.00. The molecule has 0 aliphatic rings. The van der Waals surface area contributed by atoms with Crippen molar-refractivity contribution >= 4 is 21.4 Å². The highest BCUT2D eigenvalue weighted by Crippen LogP contribution is 2.26. The van der Waals surface area contributed by atoms with Crippen LogP contribution in [0, 0.1) is 5.92 Å². The minimum atomic E-state index is 0.671. The summed E-state index contributed by atoms with van der Waals surface area (Å²) in [5, 5.41) is 3.69. The lowest BCUT2D eigenvalue weighted by molar-refractivity contribution is 0.274. The second-order valence-corrected chi connectivity index (χ2v) is 6.05. The molecule has 0 aliphatic carbocycles. The van der Waals surface area contributed by atoms with Gasteiger partial charge in [0.15, 0.2) is 0 Å². The largest absolute Gasteiger partial charge is 0.330 e. The van der Waals surface area contributed by atoms with Crippen molar-refractivity contribution in [3.05, 3.63) is 35.2 Å². The number of nitrogens with zero attached hydrogens (tertiary/aromatic N) is 1. The SMILES string of the molecule is CC(CCN)CN(C)Cc1csc2ccccc12. The number of benzene rings is 1. The zero-order valence-corrected chi connectivity index (χ0v) is 12.0. The summed E-state index contributed by atoms with van der Waals surface area (Å²) in [5.41, 5.74) is 7.04. The molecule has 0 radical (unpaired) electrons. The zero-order chi connectivity index (χ0) is 13.0. The minimum Gasteiger partial charge on any atom is -0.330 e. The highest BCUT2D eigenvalue weighted by atomic mass is 32.1.